The van der Waals surface area contributed by atoms with E-state index >= 15 is 0 Å². The van der Waals surface area contributed by atoms with Gasteiger partial charge in [0.1, 0.15) is 12.0 Å². The molecular weight excluding hydrogens is 360 g/mol. The lowest BCUT2D eigenvalue weighted by Crippen LogP contribution is -2.25. The molecular formula is C16H15BrN4O2. The average Bonchev–Trinajstić information content (AvgIpc) is 2.55. The van der Waals surface area contributed by atoms with E-state index in [4.69, 9.17) is 5.26 Å². The quantitative estimate of drug-likeness (QED) is 0.562. The molecule has 2 aromatic rings. The second-order valence-electron chi connectivity index (χ2n) is 4.99. The molecule has 0 fully saturated rings. The number of anilines is 1. The van der Waals surface area contributed by atoms with Crippen molar-refractivity contribution in [3.8, 4) is 6.07 Å². The highest BCUT2D eigenvalue weighted by atomic mass is 79.9. The number of rotatable bonds is 6. The van der Waals surface area contributed by atoms with Crippen molar-refractivity contribution in [2.24, 2.45) is 0 Å². The zero-order valence-corrected chi connectivity index (χ0v) is 14.2. The van der Waals surface area contributed by atoms with Gasteiger partial charge in [0, 0.05) is 19.2 Å². The molecule has 0 bridgehead atoms. The lowest BCUT2D eigenvalue weighted by molar-refractivity contribution is -0.385. The molecule has 6 nitrogen and oxygen atoms in total. The summed E-state index contributed by atoms with van der Waals surface area (Å²) in [6, 6.07) is 10.9. The van der Waals surface area contributed by atoms with Crippen LogP contribution in [0.2, 0.25) is 0 Å². The SMILES string of the molecule is CCCN(Cc1ccc(C#N)cc1)c1ncc([N+](=O)[O-])cc1Br. The third kappa shape index (κ3) is 4.27. The Morgan fingerprint density at radius 3 is 2.61 bits per heavy atom. The van der Waals surface area contributed by atoms with Crippen molar-refractivity contribution in [2.75, 3.05) is 11.4 Å². The van der Waals surface area contributed by atoms with Crippen LogP contribution in [0.15, 0.2) is 41.0 Å². The Hall–Kier alpha value is -2.46. The first kappa shape index (κ1) is 16.9. The first-order valence-electron chi connectivity index (χ1n) is 7.09. The fourth-order valence-corrected chi connectivity index (χ4v) is 2.78. The van der Waals surface area contributed by atoms with Gasteiger partial charge in [-0.05, 0) is 40.0 Å². The Kier molecular flexibility index (Phi) is 5.66. The number of hydrogen-bond donors (Lipinski definition) is 0. The number of benzene rings is 1. The summed E-state index contributed by atoms with van der Waals surface area (Å²) in [5, 5.41) is 19.7. The Labute approximate surface area is 142 Å². The lowest BCUT2D eigenvalue weighted by atomic mass is 10.1. The Morgan fingerprint density at radius 1 is 1.39 bits per heavy atom. The first-order valence-corrected chi connectivity index (χ1v) is 7.88. The van der Waals surface area contributed by atoms with Crippen molar-refractivity contribution < 1.29 is 4.92 Å². The van der Waals surface area contributed by atoms with Gasteiger partial charge in [0.05, 0.1) is 21.0 Å². The molecule has 0 N–H and O–H groups in total. The topological polar surface area (TPSA) is 83.1 Å². The van der Waals surface area contributed by atoms with Crippen molar-refractivity contribution in [1.29, 1.82) is 5.26 Å². The first-order chi connectivity index (χ1) is 11.0. The maximum atomic E-state index is 10.8. The molecule has 0 spiro atoms. The predicted octanol–water partition coefficient (Wildman–Crippen LogP) is 4.04. The van der Waals surface area contributed by atoms with Gasteiger partial charge >= 0.3 is 0 Å². The highest BCUT2D eigenvalue weighted by Gasteiger charge is 2.16. The van der Waals surface area contributed by atoms with Crippen LogP contribution in [-0.2, 0) is 6.54 Å². The molecule has 0 aliphatic carbocycles. The largest absolute Gasteiger partial charge is 0.351 e. The summed E-state index contributed by atoms with van der Waals surface area (Å²) >= 11 is 3.37. The van der Waals surface area contributed by atoms with Crippen LogP contribution < -0.4 is 4.90 Å². The van der Waals surface area contributed by atoms with Crippen molar-refractivity contribution in [3.05, 3.63) is 62.2 Å². The van der Waals surface area contributed by atoms with Crippen molar-refractivity contribution in [2.45, 2.75) is 19.9 Å². The van der Waals surface area contributed by atoms with Gasteiger partial charge in [-0.1, -0.05) is 19.1 Å². The molecule has 0 aliphatic rings. The van der Waals surface area contributed by atoms with E-state index in [-0.39, 0.29) is 5.69 Å². The summed E-state index contributed by atoms with van der Waals surface area (Å²) in [6.07, 6.45) is 2.18. The Morgan fingerprint density at radius 2 is 2.09 bits per heavy atom. The molecule has 1 heterocycles. The lowest BCUT2D eigenvalue weighted by Gasteiger charge is -2.24. The van der Waals surface area contributed by atoms with Crippen LogP contribution in [0, 0.1) is 21.4 Å². The third-order valence-electron chi connectivity index (χ3n) is 3.27. The van der Waals surface area contributed by atoms with Gasteiger partial charge in [0.25, 0.3) is 5.69 Å². The van der Waals surface area contributed by atoms with Crippen LogP contribution in [0.4, 0.5) is 11.5 Å². The summed E-state index contributed by atoms with van der Waals surface area (Å²) in [7, 11) is 0. The molecule has 0 unspecified atom stereocenters. The molecule has 1 aromatic heterocycles. The van der Waals surface area contributed by atoms with E-state index in [1.807, 2.05) is 12.1 Å². The number of pyridine rings is 1. The summed E-state index contributed by atoms with van der Waals surface area (Å²) < 4.78 is 0.591. The second-order valence-corrected chi connectivity index (χ2v) is 5.84. The fraction of sp³-hybridized carbons (Fsp3) is 0.250. The minimum atomic E-state index is -0.466. The standard InChI is InChI=1S/C16H15BrN4O2/c1-2-7-20(11-13-5-3-12(9-18)4-6-13)16-15(17)8-14(10-19-16)21(22)23/h3-6,8,10H,2,7,11H2,1H3. The smallest absolute Gasteiger partial charge is 0.288 e. The van der Waals surface area contributed by atoms with Crippen LogP contribution >= 0.6 is 15.9 Å². The third-order valence-corrected chi connectivity index (χ3v) is 3.85. The zero-order valence-electron chi connectivity index (χ0n) is 12.6. The van der Waals surface area contributed by atoms with E-state index in [1.54, 1.807) is 12.1 Å². The van der Waals surface area contributed by atoms with Crippen LogP contribution in [0.3, 0.4) is 0 Å². The summed E-state index contributed by atoms with van der Waals surface area (Å²) in [5.74, 6) is 0.668. The summed E-state index contributed by atoms with van der Waals surface area (Å²) in [6.45, 7) is 3.44. The highest BCUT2D eigenvalue weighted by Crippen LogP contribution is 2.28. The Bertz CT molecular complexity index is 741. The monoisotopic (exact) mass is 374 g/mol. The molecule has 0 radical (unpaired) electrons. The maximum absolute atomic E-state index is 10.8. The molecule has 0 saturated heterocycles. The van der Waals surface area contributed by atoms with Gasteiger partial charge in [-0.2, -0.15) is 5.26 Å². The molecule has 2 rings (SSSR count). The van der Waals surface area contributed by atoms with Crippen LogP contribution in [0.1, 0.15) is 24.5 Å². The Balaban J connectivity index is 2.27. The molecule has 0 amide bonds. The van der Waals surface area contributed by atoms with Gasteiger partial charge in [-0.15, -0.1) is 0 Å². The highest BCUT2D eigenvalue weighted by molar-refractivity contribution is 9.10. The zero-order chi connectivity index (χ0) is 16.8. The van der Waals surface area contributed by atoms with E-state index < -0.39 is 4.92 Å². The fourth-order valence-electron chi connectivity index (χ4n) is 2.19. The normalized spacial score (nSPS) is 10.1. The molecule has 23 heavy (non-hydrogen) atoms. The number of nitro groups is 1. The molecule has 118 valence electrons. The molecule has 0 atom stereocenters. The van der Waals surface area contributed by atoms with E-state index in [1.165, 1.54) is 12.3 Å². The maximum Gasteiger partial charge on any atom is 0.288 e. The van der Waals surface area contributed by atoms with Gasteiger partial charge < -0.3 is 4.90 Å². The van der Waals surface area contributed by atoms with Gasteiger partial charge in [-0.25, -0.2) is 4.98 Å². The van der Waals surface area contributed by atoms with Crippen LogP contribution in [0.25, 0.3) is 0 Å². The minimum absolute atomic E-state index is 0.0459. The van der Waals surface area contributed by atoms with Crippen LogP contribution in [0.5, 0.6) is 0 Å². The predicted molar refractivity (Wildman–Crippen MR) is 91.1 cm³/mol. The van der Waals surface area contributed by atoms with E-state index in [0.29, 0.717) is 22.4 Å². The van der Waals surface area contributed by atoms with Gasteiger partial charge in [-0.3, -0.25) is 10.1 Å². The number of hydrogen-bond acceptors (Lipinski definition) is 5. The molecule has 0 aliphatic heterocycles. The van der Waals surface area contributed by atoms with E-state index in [2.05, 4.69) is 38.8 Å². The number of nitriles is 1. The number of halogens is 1. The van der Waals surface area contributed by atoms with Gasteiger partial charge in [0.2, 0.25) is 0 Å². The van der Waals surface area contributed by atoms with E-state index in [9.17, 15) is 10.1 Å². The van der Waals surface area contributed by atoms with Crippen molar-refractivity contribution >= 4 is 27.4 Å². The number of aromatic nitrogens is 1. The van der Waals surface area contributed by atoms with Crippen molar-refractivity contribution in [3.63, 3.8) is 0 Å². The van der Waals surface area contributed by atoms with Crippen molar-refractivity contribution in [1.82, 2.24) is 4.98 Å². The minimum Gasteiger partial charge on any atom is -0.351 e. The summed E-state index contributed by atoms with van der Waals surface area (Å²) in [5.41, 5.74) is 1.62. The molecule has 1 aromatic carbocycles. The summed E-state index contributed by atoms with van der Waals surface area (Å²) in [4.78, 5) is 16.6. The second kappa shape index (κ2) is 7.70. The molecule has 7 heteroatoms. The number of nitrogens with zero attached hydrogens (tertiary/aromatic N) is 4. The average molecular weight is 375 g/mol. The molecule has 0 saturated carbocycles. The van der Waals surface area contributed by atoms with Crippen LogP contribution in [-0.4, -0.2) is 16.5 Å². The van der Waals surface area contributed by atoms with E-state index in [0.717, 1.165) is 18.5 Å². The van der Waals surface area contributed by atoms with Gasteiger partial charge in [0.15, 0.2) is 0 Å².